The zero-order valence-corrected chi connectivity index (χ0v) is 40.7. The molecule has 2 heterocycles. The largest absolute Gasteiger partial charge is 0.448 e. The topological polar surface area (TPSA) is 117 Å². The Bertz CT molecular complexity index is 682. The zero-order chi connectivity index (χ0) is 44.1. The molecule has 0 unspecified atom stereocenters. The number of aromatic nitrogens is 3. The minimum absolute atomic E-state index is 0.329. The van der Waals surface area contributed by atoms with Crippen LogP contribution in [0.1, 0.15) is 198 Å². The van der Waals surface area contributed by atoms with Crippen LogP contribution < -0.4 is 10.6 Å². The summed E-state index contributed by atoms with van der Waals surface area (Å²) in [6.45, 7) is 42.0. The standard InChI is InChI=1S/C9H15NO.C8H14N2O.C4H8.C3H9N.2C3H8O.3C3H8.C2H7N.C2H6O/c1-6(2)8-5-11-9(10-8)7(3)4;1-5(2)7-9-10-8(11-7)6(3)4;4*1-3-4-2;5*1-3-2/h5-7H,1-4H3;5-6H,1-4H3;3-4H,1-2H3;4H,3H2,1-2H3;2*3H2,1-2H3;3*3H2,1-2H3;3H,1-2H3;1-2H3. The Labute approximate surface area is 333 Å². The summed E-state index contributed by atoms with van der Waals surface area (Å²) in [5.41, 5.74) is 1.05. The van der Waals surface area contributed by atoms with Crippen LogP contribution >= 0.6 is 0 Å². The number of nitrogens with one attached hydrogen (secondary N) is 2. The lowest BCUT2D eigenvalue weighted by Gasteiger charge is -1.96. The molecule has 2 N–H and O–H groups in total. The van der Waals surface area contributed by atoms with Crippen molar-refractivity contribution in [2.45, 2.75) is 174 Å². The molecule has 53 heavy (non-hydrogen) atoms. The van der Waals surface area contributed by atoms with Gasteiger partial charge in [0.15, 0.2) is 5.89 Å². The van der Waals surface area contributed by atoms with Crippen LogP contribution in [0.2, 0.25) is 0 Å². The predicted octanol–water partition coefficient (Wildman–Crippen LogP) is 12.7. The lowest BCUT2D eigenvalue weighted by molar-refractivity contribution is 0.215. The first-order valence-corrected chi connectivity index (χ1v) is 19.9. The Kier molecular flexibility index (Phi) is 97.1. The van der Waals surface area contributed by atoms with Crippen LogP contribution in [0.4, 0.5) is 0 Å². The van der Waals surface area contributed by atoms with E-state index in [1.54, 1.807) is 34.7 Å². The van der Waals surface area contributed by atoms with Gasteiger partial charge in [-0.15, -0.1) is 10.2 Å². The monoisotopic (exact) mass is 766 g/mol. The number of nitrogens with zero attached hydrogens (tertiary/aromatic N) is 3. The number of ether oxygens (including phenoxy) is 3. The Balaban J connectivity index is -0.0000000609. The molecule has 326 valence electrons. The molecule has 0 saturated carbocycles. The maximum Gasteiger partial charge on any atom is 0.219 e. The van der Waals surface area contributed by atoms with E-state index < -0.39 is 0 Å². The molecule has 0 aliphatic heterocycles. The van der Waals surface area contributed by atoms with Gasteiger partial charge in [-0.3, -0.25) is 0 Å². The van der Waals surface area contributed by atoms with Crippen LogP contribution in [0, 0.1) is 0 Å². The van der Waals surface area contributed by atoms with Gasteiger partial charge in [-0.05, 0) is 61.3 Å². The average molecular weight is 766 g/mol. The van der Waals surface area contributed by atoms with Crippen LogP contribution in [0.3, 0.4) is 0 Å². The summed E-state index contributed by atoms with van der Waals surface area (Å²) in [5, 5.41) is 13.5. The van der Waals surface area contributed by atoms with E-state index in [1.807, 2.05) is 88.7 Å². The molecule has 0 aliphatic rings. The SMILES string of the molecule is CC(C)c1coc(C(C)C)n1.CC(C)c1nnc(C(C)C)o1.CC=CC.CCC.CCC.CCC.CCNC.CCOC.CCOC.CNC.COC. The average Bonchev–Trinajstić information content (AvgIpc) is 3.83. The van der Waals surface area contributed by atoms with Crippen molar-refractivity contribution >= 4 is 0 Å². The van der Waals surface area contributed by atoms with Crippen molar-refractivity contribution in [1.29, 1.82) is 0 Å². The molecule has 0 radical (unpaired) electrons. The quantitative estimate of drug-likeness (QED) is 0.264. The maximum absolute atomic E-state index is 5.38. The Morgan fingerprint density at radius 3 is 0.925 bits per heavy atom. The third-order valence-electron chi connectivity index (χ3n) is 4.33. The molecule has 0 bridgehead atoms. The summed E-state index contributed by atoms with van der Waals surface area (Å²) >= 11 is 0. The van der Waals surface area contributed by atoms with E-state index in [1.165, 1.54) is 19.3 Å². The number of allylic oxidation sites excluding steroid dienone is 2. The Morgan fingerprint density at radius 2 is 0.830 bits per heavy atom. The van der Waals surface area contributed by atoms with Crippen molar-refractivity contribution in [1.82, 2.24) is 25.8 Å². The van der Waals surface area contributed by atoms with Gasteiger partial charge < -0.3 is 33.7 Å². The highest BCUT2D eigenvalue weighted by Gasteiger charge is 2.11. The van der Waals surface area contributed by atoms with Crippen molar-refractivity contribution in [2.75, 3.05) is 69.3 Å². The minimum atomic E-state index is 0.329. The van der Waals surface area contributed by atoms with E-state index in [0.29, 0.717) is 23.7 Å². The van der Waals surface area contributed by atoms with Crippen molar-refractivity contribution in [3.63, 3.8) is 0 Å². The van der Waals surface area contributed by atoms with E-state index in [-0.39, 0.29) is 0 Å². The molecule has 0 saturated heterocycles. The van der Waals surface area contributed by atoms with E-state index >= 15 is 0 Å². The van der Waals surface area contributed by atoms with E-state index in [4.69, 9.17) is 8.83 Å². The summed E-state index contributed by atoms with van der Waals surface area (Å²) in [5.74, 6) is 3.81. The first-order chi connectivity index (χ1) is 24.9. The van der Waals surface area contributed by atoms with Crippen LogP contribution in [0.15, 0.2) is 27.2 Å². The lowest BCUT2D eigenvalue weighted by Crippen LogP contribution is -2.01. The number of rotatable bonds is 7. The first-order valence-electron chi connectivity index (χ1n) is 19.9. The second kappa shape index (κ2) is 71.3. The van der Waals surface area contributed by atoms with Crippen LogP contribution in [0.5, 0.6) is 0 Å². The second-order valence-electron chi connectivity index (χ2n) is 12.3. The van der Waals surface area contributed by atoms with Gasteiger partial charge in [0, 0.05) is 59.4 Å². The molecule has 0 fully saturated rings. The molecule has 0 amide bonds. The normalized spacial score (nSPS) is 8.87. The van der Waals surface area contributed by atoms with Crippen molar-refractivity contribution in [2.24, 2.45) is 0 Å². The highest BCUT2D eigenvalue weighted by Crippen LogP contribution is 2.18. The predicted molar refractivity (Wildman–Crippen MR) is 238 cm³/mol. The molecule has 2 aromatic heterocycles. The number of oxazole rings is 1. The van der Waals surface area contributed by atoms with E-state index in [9.17, 15) is 0 Å². The third kappa shape index (κ3) is 88.8. The molecule has 0 aromatic carbocycles. The minimum Gasteiger partial charge on any atom is -0.448 e. The van der Waals surface area contributed by atoms with Gasteiger partial charge in [-0.2, -0.15) is 0 Å². The maximum atomic E-state index is 5.38. The fourth-order valence-electron chi connectivity index (χ4n) is 1.54. The highest BCUT2D eigenvalue weighted by atomic mass is 16.5. The summed E-state index contributed by atoms with van der Waals surface area (Å²) in [4.78, 5) is 4.34. The van der Waals surface area contributed by atoms with Crippen molar-refractivity contribution in [3.8, 4) is 0 Å². The highest BCUT2D eigenvalue weighted by molar-refractivity contribution is 5.03. The zero-order valence-electron chi connectivity index (χ0n) is 40.7. The molecule has 2 aromatic rings. The number of methoxy groups -OCH3 is 3. The van der Waals surface area contributed by atoms with Crippen molar-refractivity contribution < 1.29 is 23.0 Å². The molecule has 0 spiro atoms. The summed E-state index contributed by atoms with van der Waals surface area (Å²) < 4.78 is 24.0. The van der Waals surface area contributed by atoms with E-state index in [2.05, 4.69) is 116 Å². The van der Waals surface area contributed by atoms with Crippen LogP contribution in [0.25, 0.3) is 0 Å². The molecular formula is C43H99N5O5. The molecule has 2 rings (SSSR count). The fraction of sp³-hybridized carbons (Fsp3) is 0.837. The smallest absolute Gasteiger partial charge is 0.219 e. The van der Waals surface area contributed by atoms with Gasteiger partial charge in [0.2, 0.25) is 11.8 Å². The Hall–Kier alpha value is -2.11. The number of hydrogen-bond acceptors (Lipinski definition) is 10. The van der Waals surface area contributed by atoms with E-state index in [0.717, 1.165) is 43.1 Å². The molecular weight excluding hydrogens is 667 g/mol. The van der Waals surface area contributed by atoms with Gasteiger partial charge in [0.25, 0.3) is 0 Å². The van der Waals surface area contributed by atoms with Crippen molar-refractivity contribution in [3.05, 3.63) is 41.8 Å². The Morgan fingerprint density at radius 1 is 0.585 bits per heavy atom. The number of hydrogen-bond donors (Lipinski definition) is 2. The fourth-order valence-corrected chi connectivity index (χ4v) is 1.54. The summed E-state index contributed by atoms with van der Waals surface area (Å²) in [6, 6.07) is 0. The summed E-state index contributed by atoms with van der Waals surface area (Å²) in [7, 11) is 12.3. The lowest BCUT2D eigenvalue weighted by atomic mass is 10.1. The molecule has 10 heteroatoms. The van der Waals surface area contributed by atoms with Gasteiger partial charge in [0.1, 0.15) is 6.26 Å². The third-order valence-corrected chi connectivity index (χ3v) is 4.33. The van der Waals surface area contributed by atoms with Gasteiger partial charge >= 0.3 is 0 Å². The van der Waals surface area contributed by atoms with Crippen LogP contribution in [-0.2, 0) is 14.2 Å². The first kappa shape index (κ1) is 72.2. The molecule has 10 nitrogen and oxygen atoms in total. The molecule has 0 aliphatic carbocycles. The van der Waals surface area contributed by atoms with Crippen LogP contribution in [-0.4, -0.2) is 84.5 Å². The second-order valence-corrected chi connectivity index (χ2v) is 12.3. The van der Waals surface area contributed by atoms with Gasteiger partial charge in [-0.1, -0.05) is 135 Å². The molecule has 0 atom stereocenters. The van der Waals surface area contributed by atoms with Gasteiger partial charge in [-0.25, -0.2) is 4.98 Å². The van der Waals surface area contributed by atoms with Gasteiger partial charge in [0.05, 0.1) is 5.69 Å². The summed E-state index contributed by atoms with van der Waals surface area (Å²) in [6.07, 6.45) is 9.50.